The van der Waals surface area contributed by atoms with Crippen molar-refractivity contribution in [3.05, 3.63) is 65.7 Å². The van der Waals surface area contributed by atoms with Crippen LogP contribution >= 0.6 is 0 Å². The molecule has 0 unspecified atom stereocenters. The maximum atomic E-state index is 12.9. The van der Waals surface area contributed by atoms with Crippen molar-refractivity contribution in [2.75, 3.05) is 24.5 Å². The highest BCUT2D eigenvalue weighted by Gasteiger charge is 2.35. The number of hydrogen-bond donors (Lipinski definition) is 1. The standard InChI is InChI=1S/C25H27F3N2O2/c26-25(27,28)13-4-12-24(32)14-17-29(18-15-24)23(31)20-8-10-21(11-9-20)30-16-3-6-19-5-1-2-7-22(19)30/h1-3,5-11,32H,4,12-18H2. The summed E-state index contributed by atoms with van der Waals surface area (Å²) < 4.78 is 37.1. The Morgan fingerprint density at radius 2 is 1.72 bits per heavy atom. The van der Waals surface area contributed by atoms with Gasteiger partial charge >= 0.3 is 6.18 Å². The van der Waals surface area contributed by atoms with Gasteiger partial charge in [-0.2, -0.15) is 13.2 Å². The number of halogens is 3. The van der Waals surface area contributed by atoms with E-state index in [1.165, 1.54) is 0 Å². The van der Waals surface area contributed by atoms with Crippen molar-refractivity contribution in [3.63, 3.8) is 0 Å². The molecule has 0 aliphatic carbocycles. The molecule has 0 saturated carbocycles. The number of rotatable bonds is 5. The average Bonchev–Trinajstić information content (AvgIpc) is 2.78. The van der Waals surface area contributed by atoms with Gasteiger partial charge in [0.2, 0.25) is 0 Å². The zero-order chi connectivity index (χ0) is 22.8. The maximum absolute atomic E-state index is 12.9. The number of benzene rings is 2. The summed E-state index contributed by atoms with van der Waals surface area (Å²) in [4.78, 5) is 16.8. The predicted octanol–water partition coefficient (Wildman–Crippen LogP) is 5.55. The molecule has 2 aromatic carbocycles. The average molecular weight is 444 g/mol. The fourth-order valence-electron chi connectivity index (χ4n) is 4.46. The summed E-state index contributed by atoms with van der Waals surface area (Å²) in [6, 6.07) is 15.6. The van der Waals surface area contributed by atoms with Crippen LogP contribution in [0, 0.1) is 0 Å². The number of anilines is 2. The van der Waals surface area contributed by atoms with Gasteiger partial charge in [-0.1, -0.05) is 30.4 Å². The van der Waals surface area contributed by atoms with Gasteiger partial charge < -0.3 is 14.9 Å². The number of nitrogens with zero attached hydrogens (tertiary/aromatic N) is 2. The monoisotopic (exact) mass is 444 g/mol. The van der Waals surface area contributed by atoms with Gasteiger partial charge in [0.1, 0.15) is 0 Å². The summed E-state index contributed by atoms with van der Waals surface area (Å²) in [6.45, 7) is 1.43. The molecule has 1 N–H and O–H groups in total. The van der Waals surface area contributed by atoms with Gasteiger partial charge in [0.05, 0.1) is 5.60 Å². The highest BCUT2D eigenvalue weighted by atomic mass is 19.4. The van der Waals surface area contributed by atoms with Crippen LogP contribution in [0.1, 0.15) is 48.0 Å². The smallest absolute Gasteiger partial charge is 0.389 e. The van der Waals surface area contributed by atoms with E-state index in [0.717, 1.165) is 23.5 Å². The molecule has 4 rings (SSSR count). The number of aliphatic hydroxyl groups is 1. The van der Waals surface area contributed by atoms with Gasteiger partial charge in [-0.15, -0.1) is 0 Å². The molecule has 2 aliphatic rings. The van der Waals surface area contributed by atoms with Crippen molar-refractivity contribution >= 4 is 23.4 Å². The molecule has 7 heteroatoms. The zero-order valence-corrected chi connectivity index (χ0v) is 17.8. The number of alkyl halides is 3. The second-order valence-electron chi connectivity index (χ2n) is 8.60. The number of fused-ring (bicyclic) bond motifs is 1. The van der Waals surface area contributed by atoms with Crippen LogP contribution in [0.3, 0.4) is 0 Å². The quantitative estimate of drug-likeness (QED) is 0.658. The number of likely N-dealkylation sites (tertiary alicyclic amines) is 1. The Bertz CT molecular complexity index is 977. The number of carbonyl (C=O) groups is 1. The molecule has 0 spiro atoms. The van der Waals surface area contributed by atoms with Gasteiger partial charge in [-0.05, 0) is 61.6 Å². The van der Waals surface area contributed by atoms with Crippen LogP contribution in [0.5, 0.6) is 0 Å². The third-order valence-electron chi connectivity index (χ3n) is 6.32. The summed E-state index contributed by atoms with van der Waals surface area (Å²) >= 11 is 0. The maximum Gasteiger partial charge on any atom is 0.389 e. The highest BCUT2D eigenvalue weighted by Crippen LogP contribution is 2.33. The lowest BCUT2D eigenvalue weighted by atomic mass is 9.86. The van der Waals surface area contributed by atoms with E-state index in [0.29, 0.717) is 31.5 Å². The third-order valence-corrected chi connectivity index (χ3v) is 6.32. The lowest BCUT2D eigenvalue weighted by Gasteiger charge is -2.38. The van der Waals surface area contributed by atoms with E-state index in [2.05, 4.69) is 29.2 Å². The Balaban J connectivity index is 1.35. The van der Waals surface area contributed by atoms with E-state index >= 15 is 0 Å². The van der Waals surface area contributed by atoms with Crippen molar-refractivity contribution in [3.8, 4) is 0 Å². The minimum atomic E-state index is -4.20. The molecule has 0 bridgehead atoms. The Hall–Kier alpha value is -2.80. The van der Waals surface area contributed by atoms with Crippen LogP contribution in [0.15, 0.2) is 54.6 Å². The van der Waals surface area contributed by atoms with Crippen molar-refractivity contribution in [1.29, 1.82) is 0 Å². The molecule has 1 fully saturated rings. The largest absolute Gasteiger partial charge is 0.390 e. The second kappa shape index (κ2) is 8.98. The van der Waals surface area contributed by atoms with Gasteiger partial charge in [-0.25, -0.2) is 0 Å². The summed E-state index contributed by atoms with van der Waals surface area (Å²) in [5.74, 6) is -0.118. The van der Waals surface area contributed by atoms with Crippen LogP contribution in [0.25, 0.3) is 6.08 Å². The fraction of sp³-hybridized carbons (Fsp3) is 0.400. The Labute approximate surface area is 186 Å². The molecule has 170 valence electrons. The van der Waals surface area contributed by atoms with Crippen molar-refractivity contribution < 1.29 is 23.1 Å². The van der Waals surface area contributed by atoms with E-state index in [1.807, 2.05) is 36.4 Å². The molecule has 2 aromatic rings. The predicted molar refractivity (Wildman–Crippen MR) is 119 cm³/mol. The fourth-order valence-corrected chi connectivity index (χ4v) is 4.46. The molecule has 2 aliphatic heterocycles. The number of para-hydroxylation sites is 1. The van der Waals surface area contributed by atoms with Crippen molar-refractivity contribution in [2.45, 2.75) is 43.9 Å². The normalized spacial score (nSPS) is 17.9. The van der Waals surface area contributed by atoms with Crippen LogP contribution in [-0.2, 0) is 0 Å². The molecule has 4 nitrogen and oxygen atoms in total. The van der Waals surface area contributed by atoms with Crippen LogP contribution in [0.4, 0.5) is 24.5 Å². The van der Waals surface area contributed by atoms with E-state index < -0.39 is 18.2 Å². The number of piperidine rings is 1. The van der Waals surface area contributed by atoms with E-state index in [1.54, 1.807) is 4.90 Å². The minimum Gasteiger partial charge on any atom is -0.390 e. The Morgan fingerprint density at radius 1 is 1.03 bits per heavy atom. The molecule has 1 amide bonds. The minimum absolute atomic E-state index is 0.0930. The van der Waals surface area contributed by atoms with E-state index in [9.17, 15) is 23.1 Å². The second-order valence-corrected chi connectivity index (χ2v) is 8.60. The summed E-state index contributed by atoms with van der Waals surface area (Å²) in [6.07, 6.45) is -0.279. The van der Waals surface area contributed by atoms with Crippen molar-refractivity contribution in [2.24, 2.45) is 0 Å². The topological polar surface area (TPSA) is 43.8 Å². The van der Waals surface area contributed by atoms with Gasteiger partial charge in [-0.3, -0.25) is 4.79 Å². The summed E-state index contributed by atoms with van der Waals surface area (Å²) in [7, 11) is 0. The first-order valence-electron chi connectivity index (χ1n) is 11.0. The number of hydrogen-bond acceptors (Lipinski definition) is 3. The summed E-state index contributed by atoms with van der Waals surface area (Å²) in [5, 5.41) is 10.6. The Kier molecular flexibility index (Phi) is 6.29. The summed E-state index contributed by atoms with van der Waals surface area (Å²) in [5.41, 5.74) is 2.71. The number of carbonyl (C=O) groups excluding carboxylic acids is 1. The third kappa shape index (κ3) is 5.15. The first kappa shape index (κ1) is 22.4. The highest BCUT2D eigenvalue weighted by molar-refractivity contribution is 5.95. The molecule has 32 heavy (non-hydrogen) atoms. The molecular weight excluding hydrogens is 417 g/mol. The van der Waals surface area contributed by atoms with Crippen LogP contribution in [0.2, 0.25) is 0 Å². The zero-order valence-electron chi connectivity index (χ0n) is 17.8. The van der Waals surface area contributed by atoms with Gasteiger partial charge in [0.25, 0.3) is 5.91 Å². The van der Waals surface area contributed by atoms with Crippen LogP contribution < -0.4 is 4.90 Å². The molecule has 1 saturated heterocycles. The first-order valence-corrected chi connectivity index (χ1v) is 11.0. The van der Waals surface area contributed by atoms with E-state index in [-0.39, 0.29) is 18.7 Å². The Morgan fingerprint density at radius 3 is 2.41 bits per heavy atom. The molecule has 2 heterocycles. The van der Waals surface area contributed by atoms with E-state index in [4.69, 9.17) is 0 Å². The SMILES string of the molecule is O=C(c1ccc(N2CC=Cc3ccccc32)cc1)N1CCC(O)(CCCC(F)(F)F)CC1. The lowest BCUT2D eigenvalue weighted by molar-refractivity contribution is -0.138. The molecule has 0 aromatic heterocycles. The van der Waals surface area contributed by atoms with Crippen LogP contribution in [-0.4, -0.2) is 47.3 Å². The lowest BCUT2D eigenvalue weighted by Crippen LogP contribution is -2.46. The molecular formula is C25H27F3N2O2. The van der Waals surface area contributed by atoms with Gasteiger partial charge in [0.15, 0.2) is 0 Å². The first-order chi connectivity index (χ1) is 15.2. The molecule has 0 radical (unpaired) electrons. The molecule has 0 atom stereocenters. The van der Waals surface area contributed by atoms with Crippen molar-refractivity contribution in [1.82, 2.24) is 4.90 Å². The number of amides is 1. The van der Waals surface area contributed by atoms with Gasteiger partial charge in [0, 0.05) is 43.0 Å².